The molecule has 0 radical (unpaired) electrons. The molecular weight excluding hydrogens is 322 g/mol. The number of thioether (sulfide) groups is 1. The highest BCUT2D eigenvalue weighted by Crippen LogP contribution is 2.44. The molecule has 3 fully saturated rings. The van der Waals surface area contributed by atoms with Crippen molar-refractivity contribution in [2.45, 2.75) is 69.7 Å². The predicted octanol–water partition coefficient (Wildman–Crippen LogP) is 3.05. The zero-order valence-corrected chi connectivity index (χ0v) is 15.9. The van der Waals surface area contributed by atoms with Crippen LogP contribution < -0.4 is 5.32 Å². The number of carbonyl (C=O) groups excluding carboxylic acids is 2. The molecule has 1 N–H and O–H groups in total. The van der Waals surface area contributed by atoms with Crippen molar-refractivity contribution >= 4 is 23.7 Å². The highest BCUT2D eigenvalue weighted by Gasteiger charge is 2.47. The van der Waals surface area contributed by atoms with Gasteiger partial charge in [0.05, 0.1) is 4.87 Å². The quantitative estimate of drug-likeness (QED) is 0.830. The summed E-state index contributed by atoms with van der Waals surface area (Å²) in [5.41, 5.74) is 0. The third-order valence-corrected chi connectivity index (χ3v) is 7.25. The van der Waals surface area contributed by atoms with Crippen LogP contribution in [0.1, 0.15) is 58.8 Å². The first-order valence-corrected chi connectivity index (χ1v) is 10.5. The molecule has 2 saturated heterocycles. The van der Waals surface area contributed by atoms with E-state index < -0.39 is 0 Å². The molecule has 0 aromatic carbocycles. The van der Waals surface area contributed by atoms with E-state index in [0.717, 1.165) is 51.1 Å². The smallest absolute Gasteiger partial charge is 0.317 e. The lowest BCUT2D eigenvalue weighted by Crippen LogP contribution is -2.56. The zero-order valence-electron chi connectivity index (χ0n) is 15.1. The number of nitrogens with one attached hydrogen (secondary N) is 1. The van der Waals surface area contributed by atoms with Gasteiger partial charge in [0.25, 0.3) is 0 Å². The Balaban J connectivity index is 1.54. The van der Waals surface area contributed by atoms with Crippen LogP contribution in [0.4, 0.5) is 4.79 Å². The number of amides is 3. The van der Waals surface area contributed by atoms with E-state index in [1.807, 2.05) is 30.5 Å². The molecule has 1 spiro atoms. The second-order valence-electron chi connectivity index (χ2n) is 7.71. The lowest BCUT2D eigenvalue weighted by molar-refractivity contribution is -0.137. The van der Waals surface area contributed by atoms with E-state index in [4.69, 9.17) is 0 Å². The monoisotopic (exact) mass is 353 g/mol. The zero-order chi connectivity index (χ0) is 17.2. The molecule has 1 saturated carbocycles. The molecule has 3 rings (SSSR count). The molecule has 6 heteroatoms. The fourth-order valence-corrected chi connectivity index (χ4v) is 5.68. The van der Waals surface area contributed by atoms with Crippen LogP contribution in [0.25, 0.3) is 0 Å². The van der Waals surface area contributed by atoms with Crippen molar-refractivity contribution in [3.8, 4) is 0 Å². The van der Waals surface area contributed by atoms with Gasteiger partial charge in [-0.1, -0.05) is 33.1 Å². The maximum atomic E-state index is 12.5. The van der Waals surface area contributed by atoms with Gasteiger partial charge in [-0.25, -0.2) is 4.79 Å². The number of hydrogen-bond acceptors (Lipinski definition) is 3. The number of nitrogens with zero attached hydrogens (tertiary/aromatic N) is 2. The second-order valence-corrected chi connectivity index (χ2v) is 9.17. The van der Waals surface area contributed by atoms with Crippen LogP contribution in [-0.4, -0.2) is 58.0 Å². The van der Waals surface area contributed by atoms with Gasteiger partial charge in [0.15, 0.2) is 0 Å². The summed E-state index contributed by atoms with van der Waals surface area (Å²) in [5, 5.41) is 3.22. The topological polar surface area (TPSA) is 52.7 Å². The van der Waals surface area contributed by atoms with Crippen LogP contribution in [0.15, 0.2) is 0 Å². The SMILES string of the molecule is CC(C)C(=O)N1CCSC12CCN(C(=O)NC1CCCCC1)CC2. The van der Waals surface area contributed by atoms with E-state index in [-0.39, 0.29) is 22.7 Å². The van der Waals surface area contributed by atoms with E-state index in [1.165, 1.54) is 19.3 Å². The number of hydrogen-bond donors (Lipinski definition) is 1. The molecule has 1 aliphatic carbocycles. The molecule has 0 unspecified atom stereocenters. The Labute approximate surface area is 149 Å². The van der Waals surface area contributed by atoms with Gasteiger partial charge in [0.1, 0.15) is 0 Å². The van der Waals surface area contributed by atoms with E-state index in [1.54, 1.807) is 0 Å². The summed E-state index contributed by atoms with van der Waals surface area (Å²) in [6.45, 7) is 6.33. The van der Waals surface area contributed by atoms with Gasteiger partial charge in [-0.3, -0.25) is 4.79 Å². The first-order valence-electron chi connectivity index (χ1n) is 9.53. The van der Waals surface area contributed by atoms with Crippen LogP contribution in [0.5, 0.6) is 0 Å². The van der Waals surface area contributed by atoms with Gasteiger partial charge in [0, 0.05) is 37.3 Å². The Morgan fingerprint density at radius 1 is 1.08 bits per heavy atom. The molecule has 24 heavy (non-hydrogen) atoms. The van der Waals surface area contributed by atoms with Crippen molar-refractivity contribution in [1.29, 1.82) is 0 Å². The van der Waals surface area contributed by atoms with Crippen LogP contribution in [0.3, 0.4) is 0 Å². The van der Waals surface area contributed by atoms with Crippen molar-refractivity contribution in [3.63, 3.8) is 0 Å². The summed E-state index contributed by atoms with van der Waals surface area (Å²) >= 11 is 1.92. The minimum absolute atomic E-state index is 0.0493. The number of piperidine rings is 1. The Bertz CT molecular complexity index is 469. The van der Waals surface area contributed by atoms with E-state index in [9.17, 15) is 9.59 Å². The summed E-state index contributed by atoms with van der Waals surface area (Å²) in [7, 11) is 0. The second kappa shape index (κ2) is 7.54. The number of rotatable bonds is 2. The first kappa shape index (κ1) is 17.9. The molecule has 3 aliphatic rings. The minimum Gasteiger partial charge on any atom is -0.335 e. The number of urea groups is 1. The van der Waals surface area contributed by atoms with Crippen molar-refractivity contribution in [1.82, 2.24) is 15.1 Å². The minimum atomic E-state index is -0.0665. The third kappa shape index (κ3) is 3.68. The lowest BCUT2D eigenvalue weighted by Gasteiger charge is -2.44. The summed E-state index contributed by atoms with van der Waals surface area (Å²) in [6, 6.07) is 0.462. The van der Waals surface area contributed by atoms with Crippen LogP contribution in [0, 0.1) is 5.92 Å². The summed E-state index contributed by atoms with van der Waals surface area (Å²) < 4.78 is 0. The van der Waals surface area contributed by atoms with Crippen LogP contribution >= 0.6 is 11.8 Å². The van der Waals surface area contributed by atoms with Gasteiger partial charge in [0.2, 0.25) is 5.91 Å². The third-order valence-electron chi connectivity index (χ3n) is 5.70. The van der Waals surface area contributed by atoms with Gasteiger partial charge in [-0.05, 0) is 25.7 Å². The highest BCUT2D eigenvalue weighted by atomic mass is 32.2. The molecule has 2 aliphatic heterocycles. The Morgan fingerprint density at radius 2 is 1.75 bits per heavy atom. The van der Waals surface area contributed by atoms with Crippen molar-refractivity contribution in [2.24, 2.45) is 5.92 Å². The summed E-state index contributed by atoms with van der Waals surface area (Å²) in [4.78, 5) is 29.0. The van der Waals surface area contributed by atoms with Crippen molar-refractivity contribution in [2.75, 3.05) is 25.4 Å². The fraction of sp³-hybridized carbons (Fsp3) is 0.889. The largest absolute Gasteiger partial charge is 0.335 e. The molecule has 2 heterocycles. The van der Waals surface area contributed by atoms with Gasteiger partial charge >= 0.3 is 6.03 Å². The van der Waals surface area contributed by atoms with Gasteiger partial charge in [-0.2, -0.15) is 0 Å². The molecular formula is C18H31N3O2S. The van der Waals surface area contributed by atoms with E-state index >= 15 is 0 Å². The molecule has 136 valence electrons. The lowest BCUT2D eigenvalue weighted by atomic mass is 9.95. The van der Waals surface area contributed by atoms with Gasteiger partial charge in [-0.15, -0.1) is 11.8 Å². The van der Waals surface area contributed by atoms with Crippen LogP contribution in [0.2, 0.25) is 0 Å². The molecule has 0 aromatic heterocycles. The van der Waals surface area contributed by atoms with Crippen molar-refractivity contribution < 1.29 is 9.59 Å². The summed E-state index contributed by atoms with van der Waals surface area (Å²) in [5.74, 6) is 1.33. The number of carbonyl (C=O) groups is 2. The first-order chi connectivity index (χ1) is 11.5. The molecule has 3 amide bonds. The van der Waals surface area contributed by atoms with E-state index in [0.29, 0.717) is 6.04 Å². The summed E-state index contributed by atoms with van der Waals surface area (Å²) in [6.07, 6.45) is 7.80. The Morgan fingerprint density at radius 3 is 2.38 bits per heavy atom. The van der Waals surface area contributed by atoms with E-state index in [2.05, 4.69) is 10.2 Å². The average molecular weight is 354 g/mol. The Kier molecular flexibility index (Phi) is 5.63. The predicted molar refractivity (Wildman–Crippen MR) is 98.0 cm³/mol. The van der Waals surface area contributed by atoms with Crippen molar-refractivity contribution in [3.05, 3.63) is 0 Å². The standard InChI is InChI=1S/C18H31N3O2S/c1-14(2)16(22)21-12-13-24-18(21)8-10-20(11-9-18)17(23)19-15-6-4-3-5-7-15/h14-15H,3-13H2,1-2H3,(H,19,23). The normalized spacial score (nSPS) is 24.6. The fourth-order valence-electron chi connectivity index (χ4n) is 4.22. The maximum absolute atomic E-state index is 12.5. The molecule has 5 nitrogen and oxygen atoms in total. The molecule has 0 aromatic rings. The van der Waals surface area contributed by atoms with Crippen LogP contribution in [-0.2, 0) is 4.79 Å². The van der Waals surface area contributed by atoms with Gasteiger partial charge < -0.3 is 15.1 Å². The molecule has 0 bridgehead atoms. The Hall–Kier alpha value is -0.910. The highest BCUT2D eigenvalue weighted by molar-refractivity contribution is 8.00. The maximum Gasteiger partial charge on any atom is 0.317 e. The number of likely N-dealkylation sites (tertiary alicyclic amines) is 1. The molecule has 0 atom stereocenters. The average Bonchev–Trinajstić information content (AvgIpc) is 2.98.